The third kappa shape index (κ3) is 11.4. The van der Waals surface area contributed by atoms with Gasteiger partial charge in [0, 0.05) is 41.6 Å². The largest absolute Gasteiger partial charge is 0.377 e. The van der Waals surface area contributed by atoms with Gasteiger partial charge in [-0.3, -0.25) is 9.97 Å². The Balaban J connectivity index is 0.000000219. The van der Waals surface area contributed by atoms with Crippen LogP contribution in [0.4, 0.5) is 35.1 Å². The Hall–Kier alpha value is -7.66. The summed E-state index contributed by atoms with van der Waals surface area (Å²) in [7, 11) is 0. The maximum absolute atomic E-state index is 15.6. The lowest BCUT2D eigenvalue weighted by atomic mass is 9.84. The maximum atomic E-state index is 15.6. The van der Waals surface area contributed by atoms with Gasteiger partial charge in [0.25, 0.3) is 0 Å². The topological polar surface area (TPSA) is 241 Å². The zero-order chi connectivity index (χ0) is 48.2. The quantitative estimate of drug-likeness (QED) is 0.105. The highest BCUT2D eigenvalue weighted by Crippen LogP contribution is 2.48. The number of hydrogen-bond donors (Lipinski definition) is 2. The van der Waals surface area contributed by atoms with Crippen LogP contribution in [-0.4, -0.2) is 101 Å². The fourth-order valence-electron chi connectivity index (χ4n) is 5.96. The van der Waals surface area contributed by atoms with Crippen molar-refractivity contribution in [1.82, 2.24) is 90.8 Å². The number of allylic oxidation sites excluding steroid dienone is 2. The Kier molecular flexibility index (Phi) is 15.4. The Morgan fingerprint density at radius 1 is 0.582 bits per heavy atom. The normalized spacial score (nSPS) is 13.5. The lowest BCUT2D eigenvalue weighted by Crippen LogP contribution is -2.48. The fourth-order valence-corrected chi connectivity index (χ4v) is 6.20. The molecule has 0 spiro atoms. The first kappa shape index (κ1) is 48.8. The van der Waals surface area contributed by atoms with E-state index in [1.54, 1.807) is 29.2 Å². The molecule has 8 aromatic rings. The molecule has 8 rings (SSSR count). The van der Waals surface area contributed by atoms with E-state index in [9.17, 15) is 27.8 Å². The molecule has 2 atom stereocenters. The van der Waals surface area contributed by atoms with Crippen LogP contribution in [0.25, 0.3) is 6.08 Å². The van der Waals surface area contributed by atoms with Crippen LogP contribution in [0.3, 0.4) is 0 Å². The number of aliphatic hydroxyl groups is 2. The fraction of sp³-hybridized carbons (Fsp3) is 0.211. The van der Waals surface area contributed by atoms with E-state index in [2.05, 4.69) is 94.6 Å². The molecule has 6 heterocycles. The van der Waals surface area contributed by atoms with Crippen molar-refractivity contribution in [2.45, 2.75) is 49.2 Å². The third-order valence-corrected chi connectivity index (χ3v) is 9.68. The maximum Gasteiger partial charge on any atom is 0.323 e. The molecule has 0 amide bonds. The minimum atomic E-state index is -4.12. The van der Waals surface area contributed by atoms with Crippen LogP contribution in [0.5, 0.6) is 0 Å². The average Bonchev–Trinajstić information content (AvgIpc) is 4.16. The van der Waals surface area contributed by atoms with Crippen molar-refractivity contribution >= 4 is 22.0 Å². The van der Waals surface area contributed by atoms with Gasteiger partial charge in [0.15, 0.2) is 11.2 Å². The molecule has 0 aliphatic rings. The zero-order valence-electron chi connectivity index (χ0n) is 33.9. The molecule has 67 heavy (non-hydrogen) atoms. The minimum absolute atomic E-state index is 0. The highest BCUT2D eigenvalue weighted by Gasteiger charge is 2.59. The molecule has 0 saturated heterocycles. The highest BCUT2D eigenvalue weighted by molar-refractivity contribution is 9.10. The molecule has 0 saturated carbocycles. The molecule has 0 radical (unpaired) electrons. The zero-order valence-corrected chi connectivity index (χ0v) is 35.4. The molecule has 6 aromatic heterocycles. The van der Waals surface area contributed by atoms with Gasteiger partial charge >= 0.3 is 11.8 Å². The molecule has 2 N–H and O–H groups in total. The summed E-state index contributed by atoms with van der Waals surface area (Å²) in [6.07, 6.45) is 12.2. The van der Waals surface area contributed by atoms with E-state index in [0.717, 1.165) is 70.8 Å². The molecule has 350 valence electrons. The number of hydrogen-bond acceptors (Lipinski definition) is 16. The lowest BCUT2D eigenvalue weighted by molar-refractivity contribution is -0.207. The van der Waals surface area contributed by atoms with Crippen LogP contribution in [0.2, 0.25) is 0 Å². The molecule has 0 fully saturated rings. The Labute approximate surface area is 380 Å². The summed E-state index contributed by atoms with van der Waals surface area (Å²) in [5, 5.41) is 63.3. The van der Waals surface area contributed by atoms with E-state index in [4.69, 9.17) is 0 Å². The first-order chi connectivity index (χ1) is 32.0. The lowest BCUT2D eigenvalue weighted by Gasteiger charge is -2.35. The number of tetrazole rings is 4. The number of halogens is 9. The number of nitrogens with zero attached hydrogens (tertiary/aromatic N) is 18. The van der Waals surface area contributed by atoms with E-state index < -0.39 is 81.9 Å². The summed E-state index contributed by atoms with van der Waals surface area (Å²) in [5.74, 6) is -12.8. The van der Waals surface area contributed by atoms with Gasteiger partial charge in [0.1, 0.15) is 60.0 Å². The monoisotopic (exact) mass is 1010 g/mol. The Bertz CT molecular complexity index is 2830. The van der Waals surface area contributed by atoms with Crippen molar-refractivity contribution in [1.29, 1.82) is 0 Å². The highest BCUT2D eigenvalue weighted by atomic mass is 79.9. The predicted molar refractivity (Wildman–Crippen MR) is 217 cm³/mol. The molecular formula is C38H33BrF8N18O2. The van der Waals surface area contributed by atoms with Crippen molar-refractivity contribution in [3.8, 4) is 0 Å². The molecule has 2 unspecified atom stereocenters. The number of rotatable bonds is 15. The first-order valence-corrected chi connectivity index (χ1v) is 19.6. The second-order valence-corrected chi connectivity index (χ2v) is 14.6. The van der Waals surface area contributed by atoms with Gasteiger partial charge in [-0.15, -0.1) is 27.0 Å². The van der Waals surface area contributed by atoms with Crippen molar-refractivity contribution < 1.29 is 46.8 Å². The molecule has 0 aliphatic carbocycles. The summed E-state index contributed by atoms with van der Waals surface area (Å²) in [6, 6.07) is 8.49. The van der Waals surface area contributed by atoms with Crippen LogP contribution in [0, 0.1) is 23.3 Å². The predicted octanol–water partition coefficient (Wildman–Crippen LogP) is 4.62. The smallest absolute Gasteiger partial charge is 0.323 e. The molecule has 20 nitrogen and oxygen atoms in total. The van der Waals surface area contributed by atoms with Gasteiger partial charge in [-0.25, -0.2) is 36.3 Å². The molecular weight excluding hydrogens is 972 g/mol. The van der Waals surface area contributed by atoms with Gasteiger partial charge in [0.2, 0.25) is 0 Å². The molecule has 29 heteroatoms. The van der Waals surface area contributed by atoms with Crippen molar-refractivity contribution in [2.75, 3.05) is 0 Å². The summed E-state index contributed by atoms with van der Waals surface area (Å²) in [5.41, 5.74) is -9.13. The standard InChI is InChI=1S/C19H15F4N9O.C15H10BrF4N5O.C4H6N4.H2/c20-14-4-5-15(16(21)8-14)18(33,10-32-12-26-28-30-32)19(22,23)17-6-3-13(9-24-17)2-1-7-31-11-25-27-29-31;16-9-1-4-13(21-6-9)15(19,20)14(26,7-25-8-22-23-24-25)11-3-2-10(17)5-12(11)18;1-2-3-8-4-5-6-7-8;/h1-6,8-9,11-12,33H,7,10H2;1-6,8,26H,7H2;2,4H,1,3H2;1H/b2-1+;;;/i;;;1+2. The molecule has 2 aromatic carbocycles. The Morgan fingerprint density at radius 3 is 1.39 bits per heavy atom. The number of alkyl halides is 4. The number of benzene rings is 2. The Morgan fingerprint density at radius 2 is 1.01 bits per heavy atom. The van der Waals surface area contributed by atoms with Crippen LogP contribution < -0.4 is 0 Å². The van der Waals surface area contributed by atoms with Crippen molar-refractivity contribution in [2.24, 2.45) is 0 Å². The van der Waals surface area contributed by atoms with Crippen LogP contribution in [0.1, 0.15) is 29.5 Å². The molecule has 0 aliphatic heterocycles. The average molecular weight is 1010 g/mol. The first-order valence-electron chi connectivity index (χ1n) is 18.8. The SMILES string of the molecule is C=CCn1cnnn1.OC(Cn1cnnn1)(c1ccc(F)cc1F)C(F)(F)c1ccc(/C=C/Cn2cnnn2)cn1.OC(Cn1cnnn1)(c1ccc(F)cc1F)C(F)(F)c1ccc(Br)cn1.[3HH]. The summed E-state index contributed by atoms with van der Waals surface area (Å²) in [6.45, 7) is 2.72. The van der Waals surface area contributed by atoms with Crippen molar-refractivity contribution in [3.63, 3.8) is 0 Å². The number of pyridine rings is 2. The van der Waals surface area contributed by atoms with E-state index in [1.165, 1.54) is 23.1 Å². The van der Waals surface area contributed by atoms with E-state index in [-0.39, 0.29) is 1.43 Å². The van der Waals surface area contributed by atoms with Gasteiger partial charge in [-0.05, 0) is 106 Å². The van der Waals surface area contributed by atoms with Crippen LogP contribution in [0.15, 0.2) is 122 Å². The van der Waals surface area contributed by atoms with Crippen LogP contribution >= 0.6 is 15.9 Å². The van der Waals surface area contributed by atoms with Gasteiger partial charge in [0.05, 0.1) is 26.2 Å². The van der Waals surface area contributed by atoms with Gasteiger partial charge in [-0.2, -0.15) is 17.6 Å². The van der Waals surface area contributed by atoms with E-state index in [1.807, 2.05) is 0 Å². The second kappa shape index (κ2) is 21.1. The van der Waals surface area contributed by atoms with Gasteiger partial charge in [-0.1, -0.05) is 24.3 Å². The van der Waals surface area contributed by atoms with Crippen LogP contribution in [-0.2, 0) is 49.2 Å². The summed E-state index contributed by atoms with van der Waals surface area (Å²) in [4.78, 5) is 7.37. The van der Waals surface area contributed by atoms with E-state index >= 15 is 17.6 Å². The van der Waals surface area contributed by atoms with Crippen molar-refractivity contribution in [3.05, 3.63) is 173 Å². The van der Waals surface area contributed by atoms with Gasteiger partial charge < -0.3 is 10.2 Å². The number of aromatic nitrogens is 18. The molecule has 0 bridgehead atoms. The van der Waals surface area contributed by atoms with E-state index in [0.29, 0.717) is 35.3 Å². The third-order valence-electron chi connectivity index (χ3n) is 9.22. The summed E-state index contributed by atoms with van der Waals surface area (Å²) >= 11 is 3.07. The second-order valence-electron chi connectivity index (χ2n) is 13.7. The minimum Gasteiger partial charge on any atom is -0.377 e. The summed E-state index contributed by atoms with van der Waals surface area (Å²) < 4.78 is 122.